The first-order chi connectivity index (χ1) is 8.06. The van der Waals surface area contributed by atoms with Crippen molar-refractivity contribution in [3.63, 3.8) is 0 Å². The minimum atomic E-state index is -0.543. The Hall–Kier alpha value is -1.62. The van der Waals surface area contributed by atoms with Gasteiger partial charge in [-0.1, -0.05) is 11.6 Å². The van der Waals surface area contributed by atoms with Gasteiger partial charge in [-0.05, 0) is 24.6 Å². The van der Waals surface area contributed by atoms with Crippen LogP contribution in [0.2, 0.25) is 5.02 Å². The second-order valence-electron chi connectivity index (χ2n) is 3.78. The first kappa shape index (κ1) is 11.9. The fraction of sp³-hybridized carbons (Fsp3) is 0.273. The molecule has 0 bridgehead atoms. The van der Waals surface area contributed by atoms with Gasteiger partial charge in [-0.3, -0.25) is 9.59 Å². The van der Waals surface area contributed by atoms with Gasteiger partial charge < -0.3 is 10.6 Å². The number of nitrogens with one attached hydrogen (secondary N) is 2. The second-order valence-corrected chi connectivity index (χ2v) is 4.18. The third kappa shape index (κ3) is 2.74. The molecule has 0 radical (unpaired) electrons. The van der Waals surface area contributed by atoms with Crippen molar-refractivity contribution in [2.24, 2.45) is 0 Å². The second kappa shape index (κ2) is 4.71. The van der Waals surface area contributed by atoms with Gasteiger partial charge in [0.1, 0.15) is 11.9 Å². The van der Waals surface area contributed by atoms with E-state index < -0.39 is 11.9 Å². The smallest absolute Gasteiger partial charge is 0.246 e. The number of anilines is 1. The summed E-state index contributed by atoms with van der Waals surface area (Å²) in [4.78, 5) is 22.6. The van der Waals surface area contributed by atoms with Crippen LogP contribution < -0.4 is 10.6 Å². The highest BCUT2D eigenvalue weighted by molar-refractivity contribution is 6.31. The van der Waals surface area contributed by atoms with Crippen molar-refractivity contribution in [3.05, 3.63) is 29.0 Å². The van der Waals surface area contributed by atoms with Crippen molar-refractivity contribution in [2.75, 3.05) is 5.32 Å². The summed E-state index contributed by atoms with van der Waals surface area (Å²) >= 11 is 5.58. The molecule has 17 heavy (non-hydrogen) atoms. The lowest BCUT2D eigenvalue weighted by atomic mass is 10.2. The molecule has 2 amide bonds. The Bertz CT molecular complexity index is 479. The van der Waals surface area contributed by atoms with Crippen molar-refractivity contribution in [3.8, 4) is 0 Å². The molecular formula is C11H10ClFN2O2. The normalized spacial score (nSPS) is 18.9. The number of amides is 2. The molecule has 90 valence electrons. The first-order valence-corrected chi connectivity index (χ1v) is 5.49. The van der Waals surface area contributed by atoms with E-state index in [2.05, 4.69) is 10.6 Å². The van der Waals surface area contributed by atoms with Gasteiger partial charge in [-0.25, -0.2) is 4.39 Å². The minimum absolute atomic E-state index is 0.0572. The predicted octanol–water partition coefficient (Wildman–Crippen LogP) is 1.70. The van der Waals surface area contributed by atoms with Gasteiger partial charge in [-0.15, -0.1) is 0 Å². The van der Waals surface area contributed by atoms with Crippen molar-refractivity contribution < 1.29 is 14.0 Å². The molecule has 1 unspecified atom stereocenters. The van der Waals surface area contributed by atoms with E-state index in [0.717, 1.165) is 0 Å². The zero-order valence-electron chi connectivity index (χ0n) is 8.80. The summed E-state index contributed by atoms with van der Waals surface area (Å²) in [6.45, 7) is 0. The highest BCUT2D eigenvalue weighted by atomic mass is 35.5. The number of hydrogen-bond acceptors (Lipinski definition) is 2. The van der Waals surface area contributed by atoms with E-state index in [-0.39, 0.29) is 16.8 Å². The third-order valence-electron chi connectivity index (χ3n) is 2.50. The van der Waals surface area contributed by atoms with Crippen molar-refractivity contribution >= 4 is 29.1 Å². The first-order valence-electron chi connectivity index (χ1n) is 5.11. The summed E-state index contributed by atoms with van der Waals surface area (Å²) in [7, 11) is 0. The molecule has 0 saturated carbocycles. The van der Waals surface area contributed by atoms with Crippen LogP contribution in [0.4, 0.5) is 10.1 Å². The van der Waals surface area contributed by atoms with Crippen molar-refractivity contribution in [1.29, 1.82) is 0 Å². The van der Waals surface area contributed by atoms with E-state index in [0.29, 0.717) is 18.5 Å². The highest BCUT2D eigenvalue weighted by Gasteiger charge is 2.27. The Balaban J connectivity index is 2.03. The van der Waals surface area contributed by atoms with Crippen LogP contribution in [0.25, 0.3) is 0 Å². The zero-order chi connectivity index (χ0) is 12.4. The summed E-state index contributed by atoms with van der Waals surface area (Å²) in [6, 6.07) is 3.39. The molecule has 1 atom stereocenters. The summed E-state index contributed by atoms with van der Waals surface area (Å²) in [5.41, 5.74) is 0.405. The van der Waals surface area contributed by atoms with Gasteiger partial charge in [0, 0.05) is 12.1 Å². The maximum absolute atomic E-state index is 12.9. The molecule has 1 aromatic carbocycles. The predicted molar refractivity (Wildman–Crippen MR) is 61.2 cm³/mol. The topological polar surface area (TPSA) is 58.2 Å². The quantitative estimate of drug-likeness (QED) is 0.846. The van der Waals surface area contributed by atoms with E-state index >= 15 is 0 Å². The van der Waals surface area contributed by atoms with Crippen LogP contribution in [0.3, 0.4) is 0 Å². The van der Waals surface area contributed by atoms with E-state index in [1.807, 2.05) is 0 Å². The monoisotopic (exact) mass is 256 g/mol. The lowest BCUT2D eigenvalue weighted by Gasteiger charge is -2.11. The molecule has 6 heteroatoms. The molecule has 2 N–H and O–H groups in total. The van der Waals surface area contributed by atoms with Gasteiger partial charge in [-0.2, -0.15) is 0 Å². The molecule has 1 heterocycles. The van der Waals surface area contributed by atoms with Gasteiger partial charge in [0.2, 0.25) is 11.8 Å². The van der Waals surface area contributed by atoms with Gasteiger partial charge >= 0.3 is 0 Å². The average Bonchev–Trinajstić information content (AvgIpc) is 2.70. The van der Waals surface area contributed by atoms with E-state index in [4.69, 9.17) is 11.6 Å². The molecule has 1 aromatic rings. The summed E-state index contributed by atoms with van der Waals surface area (Å²) in [5.74, 6) is -1.00. The summed E-state index contributed by atoms with van der Waals surface area (Å²) in [6.07, 6.45) is 0.821. The van der Waals surface area contributed by atoms with Crippen LogP contribution in [0.1, 0.15) is 12.8 Å². The Morgan fingerprint density at radius 1 is 1.53 bits per heavy atom. The molecule has 0 aromatic heterocycles. The standard InChI is InChI=1S/C11H10ClFN2O2/c12-7-5-6(1-2-8(7)13)14-11(17)9-3-4-10(16)15-9/h1-2,5,9H,3-4H2,(H,14,17)(H,15,16). The van der Waals surface area contributed by atoms with Crippen LogP contribution in [0.15, 0.2) is 18.2 Å². The Morgan fingerprint density at radius 3 is 2.88 bits per heavy atom. The van der Waals surface area contributed by atoms with Crippen molar-refractivity contribution in [2.45, 2.75) is 18.9 Å². The SMILES string of the molecule is O=C1CCC(C(=O)Nc2ccc(F)c(Cl)c2)N1. The van der Waals surface area contributed by atoms with Crippen LogP contribution in [-0.4, -0.2) is 17.9 Å². The number of benzene rings is 1. The summed E-state index contributed by atoms with van der Waals surface area (Å²) < 4.78 is 12.9. The lowest BCUT2D eigenvalue weighted by molar-refractivity contribution is -0.122. The Morgan fingerprint density at radius 2 is 2.29 bits per heavy atom. The molecule has 1 aliphatic heterocycles. The van der Waals surface area contributed by atoms with Crippen LogP contribution in [-0.2, 0) is 9.59 Å². The van der Waals surface area contributed by atoms with E-state index in [9.17, 15) is 14.0 Å². The molecule has 4 nitrogen and oxygen atoms in total. The molecule has 0 spiro atoms. The van der Waals surface area contributed by atoms with Gasteiger partial charge in [0.15, 0.2) is 0 Å². The fourth-order valence-corrected chi connectivity index (χ4v) is 1.79. The fourth-order valence-electron chi connectivity index (χ4n) is 1.61. The average molecular weight is 257 g/mol. The number of halogens is 2. The number of hydrogen-bond donors (Lipinski definition) is 2. The number of rotatable bonds is 2. The highest BCUT2D eigenvalue weighted by Crippen LogP contribution is 2.20. The van der Waals surface area contributed by atoms with Gasteiger partial charge in [0.25, 0.3) is 0 Å². The van der Waals surface area contributed by atoms with Crippen LogP contribution >= 0.6 is 11.6 Å². The third-order valence-corrected chi connectivity index (χ3v) is 2.79. The molecule has 2 rings (SSSR count). The van der Waals surface area contributed by atoms with Crippen LogP contribution in [0.5, 0.6) is 0 Å². The lowest BCUT2D eigenvalue weighted by Crippen LogP contribution is -2.37. The number of carbonyl (C=O) groups is 2. The molecule has 1 saturated heterocycles. The molecule has 1 fully saturated rings. The molecular weight excluding hydrogens is 247 g/mol. The van der Waals surface area contributed by atoms with Crippen molar-refractivity contribution in [1.82, 2.24) is 5.32 Å². The van der Waals surface area contributed by atoms with Gasteiger partial charge in [0.05, 0.1) is 5.02 Å². The Kier molecular flexibility index (Phi) is 3.28. The maximum Gasteiger partial charge on any atom is 0.246 e. The largest absolute Gasteiger partial charge is 0.344 e. The Labute approximate surface area is 102 Å². The van der Waals surface area contributed by atoms with E-state index in [1.54, 1.807) is 0 Å². The minimum Gasteiger partial charge on any atom is -0.344 e. The van der Waals surface area contributed by atoms with E-state index in [1.165, 1.54) is 18.2 Å². The summed E-state index contributed by atoms with van der Waals surface area (Å²) in [5, 5.41) is 5.05. The molecule has 1 aliphatic rings. The maximum atomic E-state index is 12.9. The molecule has 0 aliphatic carbocycles. The number of carbonyl (C=O) groups excluding carboxylic acids is 2. The van der Waals surface area contributed by atoms with Crippen LogP contribution in [0, 0.1) is 5.82 Å². The zero-order valence-corrected chi connectivity index (χ0v) is 9.55.